The van der Waals surface area contributed by atoms with Crippen LogP contribution in [-0.4, -0.2) is 55.1 Å². The minimum Gasteiger partial charge on any atom is -0.496 e. The zero-order valence-corrected chi connectivity index (χ0v) is 14.4. The van der Waals surface area contributed by atoms with E-state index in [4.69, 9.17) is 9.47 Å². The number of likely N-dealkylation sites (tertiary alicyclic amines) is 1. The van der Waals surface area contributed by atoms with Crippen molar-refractivity contribution in [3.63, 3.8) is 0 Å². The summed E-state index contributed by atoms with van der Waals surface area (Å²) in [6.07, 6.45) is 0.0733. The topological polar surface area (TPSA) is 111 Å². The molecule has 0 radical (unpaired) electrons. The molecule has 0 spiro atoms. The smallest absolute Gasteiger partial charge is 0.296 e. The summed E-state index contributed by atoms with van der Waals surface area (Å²) in [5, 5.41) is 13.7. The molecule has 9 heteroatoms. The number of anilines is 1. The molecule has 0 aliphatic carbocycles. The highest BCUT2D eigenvalue weighted by atomic mass is 16.6. The third kappa shape index (κ3) is 4.24. The molecule has 0 unspecified atom stereocenters. The molecule has 1 fully saturated rings. The fourth-order valence-corrected chi connectivity index (χ4v) is 2.79. The first-order chi connectivity index (χ1) is 11.9. The maximum atomic E-state index is 12.4. The van der Waals surface area contributed by atoms with Gasteiger partial charge in [0.15, 0.2) is 0 Å². The number of ether oxygens (including phenoxy) is 2. The predicted molar refractivity (Wildman–Crippen MR) is 89.4 cm³/mol. The molecule has 1 heterocycles. The fourth-order valence-electron chi connectivity index (χ4n) is 2.79. The highest BCUT2D eigenvalue weighted by Gasteiger charge is 2.37. The van der Waals surface area contributed by atoms with E-state index in [1.807, 2.05) is 6.92 Å². The fraction of sp³-hybridized carbons (Fsp3) is 0.500. The monoisotopic (exact) mass is 351 g/mol. The highest BCUT2D eigenvalue weighted by Crippen LogP contribution is 2.30. The summed E-state index contributed by atoms with van der Waals surface area (Å²) >= 11 is 0. The van der Waals surface area contributed by atoms with Crippen molar-refractivity contribution in [3.8, 4) is 5.75 Å². The van der Waals surface area contributed by atoms with Gasteiger partial charge in [0, 0.05) is 20.1 Å². The van der Waals surface area contributed by atoms with Crippen LogP contribution in [-0.2, 0) is 14.3 Å². The third-order valence-corrected chi connectivity index (χ3v) is 4.13. The molecular formula is C16H21N3O6. The molecule has 1 aliphatic rings. The number of methoxy groups -OCH3 is 2. The van der Waals surface area contributed by atoms with Crippen LogP contribution >= 0.6 is 0 Å². The second-order valence-corrected chi connectivity index (χ2v) is 5.88. The standard InChI is InChI=1S/C16H21N3O6/c1-10(9-24-2)18-8-11(6-15(18)20)16(21)17-13-5-4-12(25-3)7-14(13)19(22)23/h4-5,7,10-11H,6,8-9H2,1-3H3,(H,17,21)/t10-,11-/m0/s1. The quantitative estimate of drug-likeness (QED) is 0.587. The lowest BCUT2D eigenvalue weighted by Crippen LogP contribution is -2.38. The number of rotatable bonds is 7. The van der Waals surface area contributed by atoms with E-state index in [0.717, 1.165) is 0 Å². The number of nitro benzene ring substituents is 1. The number of carbonyl (C=O) groups excluding carboxylic acids is 2. The number of amides is 2. The lowest BCUT2D eigenvalue weighted by molar-refractivity contribution is -0.384. The molecular weight excluding hydrogens is 330 g/mol. The Morgan fingerprint density at radius 1 is 1.48 bits per heavy atom. The van der Waals surface area contributed by atoms with Crippen LogP contribution in [0.2, 0.25) is 0 Å². The van der Waals surface area contributed by atoms with Crippen LogP contribution in [0.4, 0.5) is 11.4 Å². The lowest BCUT2D eigenvalue weighted by atomic mass is 10.1. The van der Waals surface area contributed by atoms with Gasteiger partial charge in [-0.05, 0) is 19.1 Å². The summed E-state index contributed by atoms with van der Waals surface area (Å²) in [5.41, 5.74) is -0.187. The largest absolute Gasteiger partial charge is 0.496 e. The maximum absolute atomic E-state index is 12.4. The van der Waals surface area contributed by atoms with E-state index in [1.54, 1.807) is 12.0 Å². The Bertz CT molecular complexity index is 678. The molecule has 0 saturated carbocycles. The normalized spacial score (nSPS) is 18.1. The summed E-state index contributed by atoms with van der Waals surface area (Å²) in [6.45, 7) is 2.49. The van der Waals surface area contributed by atoms with Crippen LogP contribution in [0.15, 0.2) is 18.2 Å². The summed E-state index contributed by atoms with van der Waals surface area (Å²) in [6, 6.07) is 4.04. The van der Waals surface area contributed by atoms with E-state index < -0.39 is 16.7 Å². The third-order valence-electron chi connectivity index (χ3n) is 4.13. The van der Waals surface area contributed by atoms with Gasteiger partial charge >= 0.3 is 0 Å². The van der Waals surface area contributed by atoms with Crippen LogP contribution in [0.1, 0.15) is 13.3 Å². The Labute approximate surface area is 145 Å². The maximum Gasteiger partial charge on any atom is 0.296 e. The van der Waals surface area contributed by atoms with Crippen molar-refractivity contribution >= 4 is 23.2 Å². The molecule has 2 atom stereocenters. The molecule has 9 nitrogen and oxygen atoms in total. The number of hydrogen-bond acceptors (Lipinski definition) is 6. The van der Waals surface area contributed by atoms with Crippen LogP contribution in [0.3, 0.4) is 0 Å². The van der Waals surface area contributed by atoms with Crippen molar-refractivity contribution in [1.82, 2.24) is 4.90 Å². The SMILES string of the molecule is COC[C@H](C)N1C[C@@H](C(=O)Nc2ccc(OC)cc2[N+](=O)[O-])CC1=O. The highest BCUT2D eigenvalue weighted by molar-refractivity contribution is 5.98. The Hall–Kier alpha value is -2.68. The van der Waals surface area contributed by atoms with Gasteiger partial charge in [-0.15, -0.1) is 0 Å². The van der Waals surface area contributed by atoms with E-state index in [9.17, 15) is 19.7 Å². The van der Waals surface area contributed by atoms with Crippen molar-refractivity contribution in [2.75, 3.05) is 32.7 Å². The molecule has 1 aromatic carbocycles. The van der Waals surface area contributed by atoms with E-state index in [-0.39, 0.29) is 36.3 Å². The average molecular weight is 351 g/mol. The van der Waals surface area contributed by atoms with Crippen molar-refractivity contribution in [1.29, 1.82) is 0 Å². The lowest BCUT2D eigenvalue weighted by Gasteiger charge is -2.23. The van der Waals surface area contributed by atoms with Gasteiger partial charge in [0.05, 0.1) is 36.7 Å². The second kappa shape index (κ2) is 7.93. The van der Waals surface area contributed by atoms with Crippen LogP contribution < -0.4 is 10.1 Å². The second-order valence-electron chi connectivity index (χ2n) is 5.88. The van der Waals surface area contributed by atoms with E-state index in [0.29, 0.717) is 12.4 Å². The summed E-state index contributed by atoms with van der Waals surface area (Å²) in [5.74, 6) is -0.795. The van der Waals surface area contributed by atoms with Crippen molar-refractivity contribution in [3.05, 3.63) is 28.3 Å². The molecule has 0 bridgehead atoms. The van der Waals surface area contributed by atoms with Gasteiger partial charge in [0.1, 0.15) is 11.4 Å². The minimum atomic E-state index is -0.592. The zero-order chi connectivity index (χ0) is 18.6. The Morgan fingerprint density at radius 3 is 2.80 bits per heavy atom. The molecule has 2 amide bonds. The molecule has 1 saturated heterocycles. The van der Waals surface area contributed by atoms with E-state index >= 15 is 0 Å². The Morgan fingerprint density at radius 2 is 2.20 bits per heavy atom. The molecule has 25 heavy (non-hydrogen) atoms. The first-order valence-electron chi connectivity index (χ1n) is 7.79. The number of benzene rings is 1. The number of nitro groups is 1. The van der Waals surface area contributed by atoms with Gasteiger partial charge in [0.25, 0.3) is 5.69 Å². The van der Waals surface area contributed by atoms with Gasteiger partial charge < -0.3 is 19.7 Å². The van der Waals surface area contributed by atoms with Crippen molar-refractivity contribution < 1.29 is 24.0 Å². The van der Waals surface area contributed by atoms with Gasteiger partial charge in [-0.25, -0.2) is 0 Å². The van der Waals surface area contributed by atoms with Crippen LogP contribution in [0, 0.1) is 16.0 Å². The minimum absolute atomic E-state index is 0.0733. The number of nitrogens with zero attached hydrogens (tertiary/aromatic N) is 2. The van der Waals surface area contributed by atoms with E-state index in [2.05, 4.69) is 5.32 Å². The average Bonchev–Trinajstić information content (AvgIpc) is 2.97. The van der Waals surface area contributed by atoms with E-state index in [1.165, 1.54) is 25.3 Å². The van der Waals surface area contributed by atoms with Gasteiger partial charge in [-0.1, -0.05) is 0 Å². The molecule has 2 rings (SSSR count). The van der Waals surface area contributed by atoms with Gasteiger partial charge in [-0.2, -0.15) is 0 Å². The molecule has 136 valence electrons. The summed E-state index contributed by atoms with van der Waals surface area (Å²) < 4.78 is 10.0. The van der Waals surface area contributed by atoms with Gasteiger partial charge in [-0.3, -0.25) is 19.7 Å². The Kier molecular flexibility index (Phi) is 5.92. The van der Waals surface area contributed by atoms with Crippen LogP contribution in [0.5, 0.6) is 5.75 Å². The van der Waals surface area contributed by atoms with Crippen molar-refractivity contribution in [2.45, 2.75) is 19.4 Å². The van der Waals surface area contributed by atoms with Crippen LogP contribution in [0.25, 0.3) is 0 Å². The molecule has 1 N–H and O–H groups in total. The van der Waals surface area contributed by atoms with Crippen molar-refractivity contribution in [2.24, 2.45) is 5.92 Å². The Balaban J connectivity index is 2.10. The number of carbonyl (C=O) groups is 2. The number of nitrogens with one attached hydrogen (secondary N) is 1. The predicted octanol–water partition coefficient (Wildman–Crippen LogP) is 1.43. The summed E-state index contributed by atoms with van der Waals surface area (Å²) in [7, 11) is 2.95. The molecule has 0 aromatic heterocycles. The zero-order valence-electron chi connectivity index (χ0n) is 14.4. The van der Waals surface area contributed by atoms with Gasteiger partial charge in [0.2, 0.25) is 11.8 Å². The summed E-state index contributed by atoms with van der Waals surface area (Å²) in [4.78, 5) is 36.7. The molecule has 1 aromatic rings. The first-order valence-corrected chi connectivity index (χ1v) is 7.79. The first kappa shape index (κ1) is 18.7. The number of hydrogen-bond donors (Lipinski definition) is 1. The molecule has 1 aliphatic heterocycles.